The van der Waals surface area contributed by atoms with Gasteiger partial charge >= 0.3 is 0 Å². The standard InChI is InChI=1S/C12H15NS/c1-2-8-13-11-7-9-14-12-6-4-3-5-10(11)12/h2-6,11,13H,1,7-9H2. The van der Waals surface area contributed by atoms with Gasteiger partial charge in [-0.1, -0.05) is 24.3 Å². The first kappa shape index (κ1) is 9.81. The molecule has 74 valence electrons. The fraction of sp³-hybridized carbons (Fsp3) is 0.333. The van der Waals surface area contributed by atoms with Crippen LogP contribution in [0.15, 0.2) is 41.8 Å². The van der Waals surface area contributed by atoms with Crippen molar-refractivity contribution >= 4 is 11.8 Å². The Balaban J connectivity index is 2.17. The summed E-state index contributed by atoms with van der Waals surface area (Å²) in [5.41, 5.74) is 1.45. The average Bonchev–Trinajstić information content (AvgIpc) is 2.26. The Hall–Kier alpha value is -0.730. The predicted molar refractivity (Wildman–Crippen MR) is 62.7 cm³/mol. The zero-order valence-corrected chi connectivity index (χ0v) is 9.02. The molecule has 0 aliphatic carbocycles. The van der Waals surface area contributed by atoms with Gasteiger partial charge in [0, 0.05) is 17.5 Å². The van der Waals surface area contributed by atoms with Crippen LogP contribution in [0.1, 0.15) is 18.0 Å². The normalized spacial score (nSPS) is 20.1. The highest BCUT2D eigenvalue weighted by Crippen LogP contribution is 2.35. The molecule has 0 amide bonds. The van der Waals surface area contributed by atoms with E-state index in [0.717, 1.165) is 6.54 Å². The molecule has 0 saturated carbocycles. The van der Waals surface area contributed by atoms with Gasteiger partial charge in [-0.2, -0.15) is 0 Å². The fourth-order valence-corrected chi connectivity index (χ4v) is 2.90. The lowest BCUT2D eigenvalue weighted by molar-refractivity contribution is 0.541. The quantitative estimate of drug-likeness (QED) is 0.761. The Morgan fingerprint density at radius 3 is 3.21 bits per heavy atom. The van der Waals surface area contributed by atoms with Crippen molar-refractivity contribution in [3.05, 3.63) is 42.5 Å². The minimum absolute atomic E-state index is 0.519. The molecule has 1 N–H and O–H groups in total. The zero-order chi connectivity index (χ0) is 9.80. The smallest absolute Gasteiger partial charge is 0.0342 e. The van der Waals surface area contributed by atoms with Crippen molar-refractivity contribution in [1.82, 2.24) is 5.32 Å². The summed E-state index contributed by atoms with van der Waals surface area (Å²) in [4.78, 5) is 1.43. The Kier molecular flexibility index (Phi) is 3.27. The van der Waals surface area contributed by atoms with Crippen LogP contribution in [0.4, 0.5) is 0 Å². The van der Waals surface area contributed by atoms with Gasteiger partial charge in [0.1, 0.15) is 0 Å². The first-order valence-electron chi connectivity index (χ1n) is 4.98. The van der Waals surface area contributed by atoms with E-state index < -0.39 is 0 Å². The number of thioether (sulfide) groups is 1. The van der Waals surface area contributed by atoms with Crippen LogP contribution in [-0.4, -0.2) is 12.3 Å². The van der Waals surface area contributed by atoms with Gasteiger partial charge in [0.05, 0.1) is 0 Å². The molecule has 0 spiro atoms. The topological polar surface area (TPSA) is 12.0 Å². The first-order chi connectivity index (χ1) is 6.92. The van der Waals surface area contributed by atoms with Crippen LogP contribution in [0, 0.1) is 0 Å². The van der Waals surface area contributed by atoms with E-state index in [0.29, 0.717) is 6.04 Å². The molecule has 1 aromatic carbocycles. The number of nitrogens with one attached hydrogen (secondary N) is 1. The summed E-state index contributed by atoms with van der Waals surface area (Å²) in [5.74, 6) is 1.21. The van der Waals surface area contributed by atoms with E-state index in [1.807, 2.05) is 17.8 Å². The van der Waals surface area contributed by atoms with Crippen molar-refractivity contribution in [1.29, 1.82) is 0 Å². The molecule has 0 bridgehead atoms. The van der Waals surface area contributed by atoms with E-state index in [1.165, 1.54) is 22.6 Å². The molecule has 1 heterocycles. The SMILES string of the molecule is C=CCNC1CCSc2ccccc21. The van der Waals surface area contributed by atoms with Crippen LogP contribution < -0.4 is 5.32 Å². The summed E-state index contributed by atoms with van der Waals surface area (Å²) in [6.45, 7) is 4.63. The van der Waals surface area contributed by atoms with Crippen LogP contribution >= 0.6 is 11.8 Å². The van der Waals surface area contributed by atoms with Crippen LogP contribution in [-0.2, 0) is 0 Å². The molecule has 1 aromatic rings. The minimum atomic E-state index is 0.519. The summed E-state index contributed by atoms with van der Waals surface area (Å²) in [7, 11) is 0. The van der Waals surface area contributed by atoms with Gasteiger partial charge in [0.2, 0.25) is 0 Å². The highest BCUT2D eigenvalue weighted by atomic mass is 32.2. The Labute approximate surface area is 89.6 Å². The maximum absolute atomic E-state index is 3.73. The molecular weight excluding hydrogens is 190 g/mol. The summed E-state index contributed by atoms with van der Waals surface area (Å²) in [6.07, 6.45) is 3.14. The van der Waals surface area contributed by atoms with E-state index in [9.17, 15) is 0 Å². The Morgan fingerprint density at radius 2 is 2.36 bits per heavy atom. The molecule has 1 nitrogen and oxygen atoms in total. The van der Waals surface area contributed by atoms with Crippen LogP contribution in [0.5, 0.6) is 0 Å². The number of benzene rings is 1. The van der Waals surface area contributed by atoms with Crippen molar-refractivity contribution in [2.24, 2.45) is 0 Å². The molecule has 0 saturated heterocycles. The van der Waals surface area contributed by atoms with Gasteiger partial charge in [0.25, 0.3) is 0 Å². The first-order valence-corrected chi connectivity index (χ1v) is 5.96. The number of hydrogen-bond donors (Lipinski definition) is 1. The lowest BCUT2D eigenvalue weighted by Gasteiger charge is -2.25. The molecule has 1 unspecified atom stereocenters. The number of fused-ring (bicyclic) bond motifs is 1. The van der Waals surface area contributed by atoms with E-state index in [4.69, 9.17) is 0 Å². The third-order valence-electron chi connectivity index (χ3n) is 2.47. The third kappa shape index (κ3) is 2.02. The maximum Gasteiger partial charge on any atom is 0.0342 e. The molecule has 0 fully saturated rings. The van der Waals surface area contributed by atoms with Crippen molar-refractivity contribution in [3.63, 3.8) is 0 Å². The van der Waals surface area contributed by atoms with Crippen molar-refractivity contribution in [2.75, 3.05) is 12.3 Å². The van der Waals surface area contributed by atoms with Gasteiger partial charge in [0.15, 0.2) is 0 Å². The Bertz CT molecular complexity index is 322. The fourth-order valence-electron chi connectivity index (χ4n) is 1.78. The molecule has 2 heteroatoms. The van der Waals surface area contributed by atoms with E-state index >= 15 is 0 Å². The minimum Gasteiger partial charge on any atom is -0.306 e. The highest BCUT2D eigenvalue weighted by Gasteiger charge is 2.18. The number of hydrogen-bond acceptors (Lipinski definition) is 2. The highest BCUT2D eigenvalue weighted by molar-refractivity contribution is 7.99. The van der Waals surface area contributed by atoms with Crippen molar-refractivity contribution < 1.29 is 0 Å². The second kappa shape index (κ2) is 4.67. The van der Waals surface area contributed by atoms with Crippen molar-refractivity contribution in [2.45, 2.75) is 17.4 Å². The molecule has 1 aliphatic heterocycles. The van der Waals surface area contributed by atoms with Crippen LogP contribution in [0.2, 0.25) is 0 Å². The summed E-state index contributed by atoms with van der Waals surface area (Å²) in [6, 6.07) is 9.18. The molecule has 2 rings (SSSR count). The predicted octanol–water partition coefficient (Wildman–Crippen LogP) is 3.00. The molecule has 0 radical (unpaired) electrons. The van der Waals surface area contributed by atoms with Gasteiger partial charge in [-0.05, 0) is 23.8 Å². The number of rotatable bonds is 3. The average molecular weight is 205 g/mol. The van der Waals surface area contributed by atoms with Gasteiger partial charge < -0.3 is 5.32 Å². The van der Waals surface area contributed by atoms with E-state index in [1.54, 1.807) is 0 Å². The van der Waals surface area contributed by atoms with E-state index in [-0.39, 0.29) is 0 Å². The summed E-state index contributed by atoms with van der Waals surface area (Å²) >= 11 is 1.96. The summed E-state index contributed by atoms with van der Waals surface area (Å²) < 4.78 is 0. The zero-order valence-electron chi connectivity index (χ0n) is 8.20. The monoisotopic (exact) mass is 205 g/mol. The van der Waals surface area contributed by atoms with Crippen LogP contribution in [0.25, 0.3) is 0 Å². The van der Waals surface area contributed by atoms with Gasteiger partial charge in [-0.3, -0.25) is 0 Å². The molecular formula is C12H15NS. The van der Waals surface area contributed by atoms with Crippen LogP contribution in [0.3, 0.4) is 0 Å². The molecule has 0 aromatic heterocycles. The second-order valence-electron chi connectivity index (χ2n) is 3.42. The lowest BCUT2D eigenvalue weighted by atomic mass is 10.0. The van der Waals surface area contributed by atoms with Crippen molar-refractivity contribution in [3.8, 4) is 0 Å². The van der Waals surface area contributed by atoms with E-state index in [2.05, 4.69) is 36.2 Å². The van der Waals surface area contributed by atoms with Gasteiger partial charge in [-0.15, -0.1) is 18.3 Å². The Morgan fingerprint density at radius 1 is 1.50 bits per heavy atom. The molecule has 1 aliphatic rings. The molecule has 1 atom stereocenters. The third-order valence-corrected chi connectivity index (χ3v) is 3.59. The maximum atomic E-state index is 3.73. The van der Waals surface area contributed by atoms with Gasteiger partial charge in [-0.25, -0.2) is 0 Å². The second-order valence-corrected chi connectivity index (χ2v) is 4.56. The summed E-state index contributed by atoms with van der Waals surface area (Å²) in [5, 5.41) is 3.50. The largest absolute Gasteiger partial charge is 0.306 e. The molecule has 14 heavy (non-hydrogen) atoms. The lowest BCUT2D eigenvalue weighted by Crippen LogP contribution is -2.24.